The van der Waals surface area contributed by atoms with Crippen LogP contribution in [-0.2, 0) is 0 Å². The Morgan fingerprint density at radius 2 is 1.83 bits per heavy atom. The van der Waals surface area contributed by atoms with E-state index < -0.39 is 5.91 Å². The van der Waals surface area contributed by atoms with E-state index in [0.29, 0.717) is 11.5 Å². The van der Waals surface area contributed by atoms with E-state index >= 15 is 0 Å². The van der Waals surface area contributed by atoms with E-state index in [-0.39, 0.29) is 10.2 Å². The van der Waals surface area contributed by atoms with Gasteiger partial charge in [0.15, 0.2) is 5.70 Å². The van der Waals surface area contributed by atoms with Crippen molar-refractivity contribution in [1.82, 2.24) is 5.32 Å². The fourth-order valence-electron chi connectivity index (χ4n) is 1.32. The molecule has 1 aromatic rings. The number of halogens is 2. The number of nitrogens with one attached hydrogen (secondary N) is 1. The molecule has 1 N–H and O–H groups in total. The topological polar surface area (TPSA) is 52.9 Å². The smallest absolute Gasteiger partial charge is 0.256 e. The van der Waals surface area contributed by atoms with Crippen LogP contribution in [0.25, 0.3) is 0 Å². The van der Waals surface area contributed by atoms with E-state index in [1.165, 1.54) is 0 Å². The van der Waals surface area contributed by atoms with Crippen LogP contribution in [0.5, 0.6) is 0 Å². The van der Waals surface area contributed by atoms with Gasteiger partial charge in [0.25, 0.3) is 5.91 Å². The van der Waals surface area contributed by atoms with Crippen LogP contribution >= 0.6 is 23.2 Å². The third-order valence-corrected chi connectivity index (χ3v) is 2.76. The summed E-state index contributed by atoms with van der Waals surface area (Å²) in [5, 5.41) is 11.1. The Morgan fingerprint density at radius 3 is 2.22 bits per heavy atom. The van der Waals surface area contributed by atoms with Gasteiger partial charge in [0, 0.05) is 5.56 Å². The molecule has 0 atom stereocenters. The molecule has 1 rings (SSSR count). The molecule has 0 fully saturated rings. The van der Waals surface area contributed by atoms with Crippen LogP contribution < -0.4 is 5.32 Å². The molecule has 1 aromatic carbocycles. The number of allylic oxidation sites excluding steroid dienone is 1. The number of hydrogen-bond acceptors (Lipinski definition) is 2. The first kappa shape index (κ1) is 14.6. The summed E-state index contributed by atoms with van der Waals surface area (Å²) in [6.07, 6.45) is 0. The predicted molar refractivity (Wildman–Crippen MR) is 72.3 cm³/mol. The van der Waals surface area contributed by atoms with Gasteiger partial charge < -0.3 is 5.32 Å². The average molecular weight is 283 g/mol. The highest BCUT2D eigenvalue weighted by molar-refractivity contribution is 6.56. The monoisotopic (exact) mass is 282 g/mol. The van der Waals surface area contributed by atoms with Gasteiger partial charge in [-0.25, -0.2) is 0 Å². The molecule has 0 radical (unpaired) electrons. The molecule has 0 unspecified atom stereocenters. The summed E-state index contributed by atoms with van der Waals surface area (Å²) in [5.74, 6) is -0.0189. The molecule has 0 spiro atoms. The van der Waals surface area contributed by atoms with Crippen LogP contribution in [0.3, 0.4) is 0 Å². The first-order chi connectivity index (χ1) is 8.45. The number of nitriles is 1. The lowest BCUT2D eigenvalue weighted by Crippen LogP contribution is -2.22. The summed E-state index contributed by atoms with van der Waals surface area (Å²) in [6.45, 7) is 4.14. The lowest BCUT2D eigenvalue weighted by molar-refractivity contribution is 0.0967. The number of carbonyl (C=O) groups is 1. The van der Waals surface area contributed by atoms with Gasteiger partial charge in [-0.15, -0.1) is 0 Å². The lowest BCUT2D eigenvalue weighted by atomic mass is 10.0. The molecule has 18 heavy (non-hydrogen) atoms. The summed E-state index contributed by atoms with van der Waals surface area (Å²) in [4.78, 5) is 11.8. The normalized spacial score (nSPS) is 9.78. The predicted octanol–water partition coefficient (Wildman–Crippen LogP) is 3.71. The van der Waals surface area contributed by atoms with Gasteiger partial charge in [-0.2, -0.15) is 5.26 Å². The minimum Gasteiger partial charge on any atom is -0.311 e. The Morgan fingerprint density at radius 1 is 1.28 bits per heavy atom. The molecule has 0 bridgehead atoms. The molecule has 3 nitrogen and oxygen atoms in total. The maximum Gasteiger partial charge on any atom is 0.256 e. The zero-order valence-corrected chi connectivity index (χ0v) is 11.5. The van der Waals surface area contributed by atoms with Crippen molar-refractivity contribution in [3.8, 4) is 6.07 Å². The van der Waals surface area contributed by atoms with Gasteiger partial charge in [-0.05, 0) is 23.6 Å². The van der Waals surface area contributed by atoms with E-state index in [1.54, 1.807) is 18.2 Å². The molecule has 0 aliphatic rings. The SMILES string of the molecule is CC(C)c1ccc(C(=O)NC(C#N)=C(Cl)Cl)cc1. The first-order valence-corrected chi connectivity index (χ1v) is 6.08. The molecule has 0 saturated carbocycles. The number of benzene rings is 1. The van der Waals surface area contributed by atoms with E-state index in [4.69, 9.17) is 28.5 Å². The maximum absolute atomic E-state index is 11.8. The third kappa shape index (κ3) is 3.76. The Labute approximate surface area is 116 Å². The fourth-order valence-corrected chi connectivity index (χ4v) is 1.50. The van der Waals surface area contributed by atoms with Crippen molar-refractivity contribution >= 4 is 29.1 Å². The van der Waals surface area contributed by atoms with Crippen molar-refractivity contribution < 1.29 is 4.79 Å². The second-order valence-electron chi connectivity index (χ2n) is 3.98. The van der Waals surface area contributed by atoms with Crippen LogP contribution in [-0.4, -0.2) is 5.91 Å². The maximum atomic E-state index is 11.8. The van der Waals surface area contributed by atoms with Gasteiger partial charge in [-0.3, -0.25) is 4.79 Å². The minimum absolute atomic E-state index is 0.156. The van der Waals surface area contributed by atoms with Gasteiger partial charge in [0.05, 0.1) is 0 Å². The van der Waals surface area contributed by atoms with Crippen LogP contribution in [0.15, 0.2) is 34.5 Å². The number of rotatable bonds is 3. The Hall–Kier alpha value is -1.50. The van der Waals surface area contributed by atoms with Crippen LogP contribution in [0.1, 0.15) is 35.7 Å². The minimum atomic E-state index is -0.416. The Kier molecular flexibility index (Phi) is 5.21. The largest absolute Gasteiger partial charge is 0.311 e. The number of amides is 1. The summed E-state index contributed by atoms with van der Waals surface area (Å²) in [6, 6.07) is 8.85. The lowest BCUT2D eigenvalue weighted by Gasteiger charge is -2.07. The molecule has 0 aliphatic heterocycles. The quantitative estimate of drug-likeness (QED) is 0.860. The zero-order valence-electron chi connectivity index (χ0n) is 10.00. The highest BCUT2D eigenvalue weighted by Crippen LogP contribution is 2.15. The highest BCUT2D eigenvalue weighted by Gasteiger charge is 2.10. The molecule has 1 amide bonds. The van der Waals surface area contributed by atoms with Crippen molar-refractivity contribution in [1.29, 1.82) is 5.26 Å². The van der Waals surface area contributed by atoms with Crippen LogP contribution in [0.4, 0.5) is 0 Å². The Bertz CT molecular complexity index is 509. The number of nitrogens with zero attached hydrogens (tertiary/aromatic N) is 1. The van der Waals surface area contributed by atoms with E-state index in [0.717, 1.165) is 5.56 Å². The van der Waals surface area contributed by atoms with E-state index in [9.17, 15) is 4.79 Å². The zero-order chi connectivity index (χ0) is 13.7. The summed E-state index contributed by atoms with van der Waals surface area (Å²) < 4.78 is -0.260. The summed E-state index contributed by atoms with van der Waals surface area (Å²) in [5.41, 5.74) is 1.43. The molecule has 0 aliphatic carbocycles. The summed E-state index contributed by atoms with van der Waals surface area (Å²) >= 11 is 10.9. The van der Waals surface area contributed by atoms with Crippen molar-refractivity contribution in [3.63, 3.8) is 0 Å². The van der Waals surface area contributed by atoms with Crippen molar-refractivity contribution in [3.05, 3.63) is 45.6 Å². The molecular formula is C13H12Cl2N2O. The van der Waals surface area contributed by atoms with E-state index in [2.05, 4.69) is 19.2 Å². The van der Waals surface area contributed by atoms with E-state index in [1.807, 2.05) is 12.1 Å². The first-order valence-electron chi connectivity index (χ1n) is 5.32. The van der Waals surface area contributed by atoms with Crippen molar-refractivity contribution in [2.45, 2.75) is 19.8 Å². The van der Waals surface area contributed by atoms with Crippen molar-refractivity contribution in [2.75, 3.05) is 0 Å². The molecule has 94 valence electrons. The second kappa shape index (κ2) is 6.44. The van der Waals surface area contributed by atoms with Gasteiger partial charge >= 0.3 is 0 Å². The number of carbonyl (C=O) groups excluding carboxylic acids is 1. The van der Waals surface area contributed by atoms with Crippen LogP contribution in [0, 0.1) is 11.3 Å². The van der Waals surface area contributed by atoms with Gasteiger partial charge in [0.2, 0.25) is 0 Å². The molecule has 0 heterocycles. The number of hydrogen-bond donors (Lipinski definition) is 1. The van der Waals surface area contributed by atoms with Crippen molar-refractivity contribution in [2.24, 2.45) is 0 Å². The average Bonchev–Trinajstić information content (AvgIpc) is 2.35. The third-order valence-electron chi connectivity index (χ3n) is 2.38. The highest BCUT2D eigenvalue weighted by atomic mass is 35.5. The van der Waals surface area contributed by atoms with Gasteiger partial charge in [0.1, 0.15) is 10.6 Å². The fraction of sp³-hybridized carbons (Fsp3) is 0.231. The molecular weight excluding hydrogens is 271 g/mol. The standard InChI is InChI=1S/C13H12Cl2N2O/c1-8(2)9-3-5-10(6-4-9)13(18)17-11(7-16)12(14)15/h3-6,8H,1-2H3,(H,17,18). The Balaban J connectivity index is 2.86. The van der Waals surface area contributed by atoms with Gasteiger partial charge in [-0.1, -0.05) is 49.2 Å². The molecule has 0 saturated heterocycles. The molecule has 5 heteroatoms. The molecule has 0 aromatic heterocycles. The summed E-state index contributed by atoms with van der Waals surface area (Å²) in [7, 11) is 0. The second-order valence-corrected chi connectivity index (χ2v) is 4.93. The van der Waals surface area contributed by atoms with Crippen LogP contribution in [0.2, 0.25) is 0 Å².